The molecule has 2 atom stereocenters. The van der Waals surface area contributed by atoms with Crippen molar-refractivity contribution >= 4 is 22.6 Å². The average Bonchev–Trinajstić information content (AvgIpc) is 2.83. The molecular formula is C16H22ClNO. The number of fused-ring (bicyclic) bond motifs is 1. The van der Waals surface area contributed by atoms with Gasteiger partial charge in [-0.25, -0.2) is 0 Å². The van der Waals surface area contributed by atoms with Crippen LogP contribution in [-0.4, -0.2) is 6.54 Å². The van der Waals surface area contributed by atoms with Gasteiger partial charge in [-0.3, -0.25) is 0 Å². The highest BCUT2D eigenvalue weighted by Gasteiger charge is 2.18. The lowest BCUT2D eigenvalue weighted by atomic mass is 9.97. The van der Waals surface area contributed by atoms with Crippen molar-refractivity contribution in [2.75, 3.05) is 6.54 Å². The van der Waals surface area contributed by atoms with E-state index in [4.69, 9.17) is 16.0 Å². The summed E-state index contributed by atoms with van der Waals surface area (Å²) in [6, 6.07) is 8.25. The maximum Gasteiger partial charge on any atom is 0.152 e. The first-order valence-corrected chi connectivity index (χ1v) is 7.44. The predicted octanol–water partition coefficient (Wildman–Crippen LogP) is 5.17. The van der Waals surface area contributed by atoms with Crippen LogP contribution in [0.2, 0.25) is 5.02 Å². The highest BCUT2D eigenvalue weighted by Crippen LogP contribution is 2.32. The lowest BCUT2D eigenvalue weighted by molar-refractivity contribution is 0.359. The highest BCUT2D eigenvalue weighted by molar-refractivity contribution is 6.34. The molecule has 0 radical (unpaired) electrons. The van der Waals surface area contributed by atoms with Gasteiger partial charge in [-0.2, -0.15) is 0 Å². The summed E-state index contributed by atoms with van der Waals surface area (Å²) < 4.78 is 5.96. The van der Waals surface area contributed by atoms with Crippen LogP contribution >= 0.6 is 11.6 Å². The Kier molecular flexibility index (Phi) is 4.89. The van der Waals surface area contributed by atoms with E-state index < -0.39 is 0 Å². The van der Waals surface area contributed by atoms with Crippen LogP contribution in [0.1, 0.15) is 45.4 Å². The van der Waals surface area contributed by atoms with Crippen molar-refractivity contribution in [2.24, 2.45) is 5.92 Å². The Morgan fingerprint density at radius 2 is 2.11 bits per heavy atom. The fourth-order valence-electron chi connectivity index (χ4n) is 2.33. The van der Waals surface area contributed by atoms with Crippen LogP contribution in [0.5, 0.6) is 0 Å². The van der Waals surface area contributed by atoms with Gasteiger partial charge in [0.25, 0.3) is 0 Å². The molecule has 3 heteroatoms. The molecule has 0 fully saturated rings. The van der Waals surface area contributed by atoms with Crippen molar-refractivity contribution in [3.63, 3.8) is 0 Å². The smallest absolute Gasteiger partial charge is 0.152 e. The maximum atomic E-state index is 6.17. The summed E-state index contributed by atoms with van der Waals surface area (Å²) in [7, 11) is 0. The number of furan rings is 1. The number of halogens is 1. The molecule has 2 unspecified atom stereocenters. The van der Waals surface area contributed by atoms with Crippen LogP contribution in [0.25, 0.3) is 11.0 Å². The molecule has 0 amide bonds. The Morgan fingerprint density at radius 1 is 1.32 bits per heavy atom. The normalized spacial score (nSPS) is 14.7. The molecule has 1 heterocycles. The summed E-state index contributed by atoms with van der Waals surface area (Å²) in [6.45, 7) is 7.56. The van der Waals surface area contributed by atoms with Crippen molar-refractivity contribution in [1.29, 1.82) is 0 Å². The number of benzene rings is 1. The van der Waals surface area contributed by atoms with E-state index in [1.54, 1.807) is 0 Å². The van der Waals surface area contributed by atoms with E-state index in [0.717, 1.165) is 29.7 Å². The minimum atomic E-state index is 0.267. The van der Waals surface area contributed by atoms with Gasteiger partial charge < -0.3 is 9.73 Å². The minimum absolute atomic E-state index is 0.267. The summed E-state index contributed by atoms with van der Waals surface area (Å²) in [4.78, 5) is 0. The molecule has 0 saturated carbocycles. The van der Waals surface area contributed by atoms with Crippen molar-refractivity contribution in [1.82, 2.24) is 5.32 Å². The zero-order valence-corrected chi connectivity index (χ0v) is 12.6. The molecule has 0 bridgehead atoms. The third-order valence-electron chi connectivity index (χ3n) is 3.64. The van der Waals surface area contributed by atoms with Crippen LogP contribution in [0.15, 0.2) is 28.7 Å². The average molecular weight is 280 g/mol. The number of rotatable bonds is 6. The molecule has 0 aliphatic rings. The van der Waals surface area contributed by atoms with Crippen molar-refractivity contribution in [2.45, 2.75) is 39.7 Å². The van der Waals surface area contributed by atoms with Gasteiger partial charge >= 0.3 is 0 Å². The molecule has 0 aliphatic heterocycles. The number of nitrogens with one attached hydrogen (secondary N) is 1. The summed E-state index contributed by atoms with van der Waals surface area (Å²) in [5, 5.41) is 5.27. The Hall–Kier alpha value is -0.990. The Morgan fingerprint density at radius 3 is 2.74 bits per heavy atom. The van der Waals surface area contributed by atoms with Gasteiger partial charge in [-0.05, 0) is 31.0 Å². The Labute approximate surface area is 120 Å². The molecule has 2 rings (SSSR count). The predicted molar refractivity (Wildman–Crippen MR) is 81.7 cm³/mol. The Bertz CT molecular complexity index is 535. The van der Waals surface area contributed by atoms with Crippen LogP contribution < -0.4 is 5.32 Å². The van der Waals surface area contributed by atoms with Gasteiger partial charge in [-0.1, -0.05) is 50.9 Å². The van der Waals surface area contributed by atoms with Crippen molar-refractivity contribution in [3.8, 4) is 0 Å². The first kappa shape index (κ1) is 14.4. The van der Waals surface area contributed by atoms with E-state index in [-0.39, 0.29) is 6.04 Å². The monoisotopic (exact) mass is 279 g/mol. The van der Waals surface area contributed by atoms with Gasteiger partial charge in [-0.15, -0.1) is 0 Å². The summed E-state index contributed by atoms with van der Waals surface area (Å²) in [5.74, 6) is 1.66. The molecule has 0 aliphatic carbocycles. The molecule has 104 valence electrons. The van der Waals surface area contributed by atoms with Gasteiger partial charge in [0.2, 0.25) is 0 Å². The summed E-state index contributed by atoms with van der Waals surface area (Å²) >= 11 is 6.17. The minimum Gasteiger partial charge on any atom is -0.458 e. The lowest BCUT2D eigenvalue weighted by Gasteiger charge is -2.19. The fraction of sp³-hybridized carbons (Fsp3) is 0.500. The zero-order chi connectivity index (χ0) is 13.8. The van der Waals surface area contributed by atoms with Crippen LogP contribution in [0.4, 0.5) is 0 Å². The van der Waals surface area contributed by atoms with Crippen LogP contribution in [-0.2, 0) is 0 Å². The van der Waals surface area contributed by atoms with Crippen LogP contribution in [0.3, 0.4) is 0 Å². The number of hydrogen-bond donors (Lipinski definition) is 1. The SMILES string of the molecule is CCNC(CC(C)CC)c1cc2cccc(Cl)c2o1. The molecule has 0 saturated heterocycles. The topological polar surface area (TPSA) is 25.2 Å². The number of hydrogen-bond acceptors (Lipinski definition) is 2. The second kappa shape index (κ2) is 6.44. The lowest BCUT2D eigenvalue weighted by Crippen LogP contribution is -2.22. The molecule has 2 aromatic rings. The summed E-state index contributed by atoms with van der Waals surface area (Å²) in [6.07, 6.45) is 2.27. The highest BCUT2D eigenvalue weighted by atomic mass is 35.5. The Balaban J connectivity index is 2.30. The van der Waals surface area contributed by atoms with E-state index in [1.807, 2.05) is 18.2 Å². The van der Waals surface area contributed by atoms with E-state index in [0.29, 0.717) is 10.9 Å². The zero-order valence-electron chi connectivity index (χ0n) is 11.9. The third kappa shape index (κ3) is 3.31. The van der Waals surface area contributed by atoms with Gasteiger partial charge in [0.1, 0.15) is 5.76 Å². The van der Waals surface area contributed by atoms with E-state index in [1.165, 1.54) is 6.42 Å². The van der Waals surface area contributed by atoms with Gasteiger partial charge in [0, 0.05) is 5.39 Å². The quantitative estimate of drug-likeness (QED) is 0.789. The first-order valence-electron chi connectivity index (χ1n) is 7.07. The molecule has 1 aromatic heterocycles. The van der Waals surface area contributed by atoms with Crippen LogP contribution in [0, 0.1) is 5.92 Å². The molecular weight excluding hydrogens is 258 g/mol. The van der Waals surface area contributed by atoms with E-state index in [2.05, 4.69) is 32.2 Å². The summed E-state index contributed by atoms with van der Waals surface area (Å²) in [5.41, 5.74) is 0.797. The largest absolute Gasteiger partial charge is 0.458 e. The molecule has 1 aromatic carbocycles. The van der Waals surface area contributed by atoms with E-state index in [9.17, 15) is 0 Å². The standard InChI is InChI=1S/C16H22ClNO/c1-4-11(3)9-14(18-5-2)15-10-12-7-6-8-13(17)16(12)19-15/h6-8,10-11,14,18H,4-5,9H2,1-3H3. The fourth-order valence-corrected chi connectivity index (χ4v) is 2.56. The second-order valence-corrected chi connectivity index (χ2v) is 5.57. The molecule has 19 heavy (non-hydrogen) atoms. The number of para-hydroxylation sites is 1. The molecule has 0 spiro atoms. The van der Waals surface area contributed by atoms with E-state index >= 15 is 0 Å². The van der Waals surface area contributed by atoms with Gasteiger partial charge in [0.05, 0.1) is 11.1 Å². The van der Waals surface area contributed by atoms with Crippen molar-refractivity contribution < 1.29 is 4.42 Å². The first-order chi connectivity index (χ1) is 9.15. The second-order valence-electron chi connectivity index (χ2n) is 5.17. The van der Waals surface area contributed by atoms with Crippen molar-refractivity contribution in [3.05, 3.63) is 35.0 Å². The van der Waals surface area contributed by atoms with Gasteiger partial charge in [0.15, 0.2) is 5.58 Å². The maximum absolute atomic E-state index is 6.17. The molecule has 1 N–H and O–H groups in total. The third-order valence-corrected chi connectivity index (χ3v) is 3.94. The molecule has 2 nitrogen and oxygen atoms in total.